The molecule has 0 amide bonds. The van der Waals surface area contributed by atoms with Gasteiger partial charge in [0.2, 0.25) is 0 Å². The Morgan fingerprint density at radius 1 is 1.44 bits per heavy atom. The largest absolute Gasteiger partial charge is 0.303 e. The van der Waals surface area contributed by atoms with Gasteiger partial charge in [0.15, 0.2) is 0 Å². The summed E-state index contributed by atoms with van der Waals surface area (Å²) in [6.07, 6.45) is 5.06. The average Bonchev–Trinajstić information content (AvgIpc) is 1.82. The molecule has 0 bridgehead atoms. The van der Waals surface area contributed by atoms with Gasteiger partial charge in [0.25, 0.3) is 0 Å². The summed E-state index contributed by atoms with van der Waals surface area (Å²) >= 11 is 0. The van der Waals surface area contributed by atoms with Crippen molar-refractivity contribution in [2.45, 2.75) is 26.8 Å². The van der Waals surface area contributed by atoms with E-state index in [0.29, 0.717) is 18.5 Å². The minimum absolute atomic E-state index is 0.529. The standard InChI is InChI=1S/C8H15N/c1-5-6-9-8(4)7(2)3/h1,7-9H,6H2,2-4H3. The smallest absolute Gasteiger partial charge is 0.0575 e. The Labute approximate surface area is 57.8 Å². The van der Waals surface area contributed by atoms with Crippen molar-refractivity contribution in [1.29, 1.82) is 0 Å². The van der Waals surface area contributed by atoms with E-state index in [2.05, 4.69) is 32.0 Å². The number of nitrogens with one attached hydrogen (secondary N) is 1. The van der Waals surface area contributed by atoms with Crippen molar-refractivity contribution < 1.29 is 0 Å². The summed E-state index contributed by atoms with van der Waals surface area (Å²) in [5.41, 5.74) is 0. The maximum Gasteiger partial charge on any atom is 0.0575 e. The molecule has 0 aromatic rings. The average molecular weight is 125 g/mol. The first-order chi connectivity index (χ1) is 4.18. The first-order valence-electron chi connectivity index (χ1n) is 3.35. The molecule has 0 aromatic carbocycles. The van der Waals surface area contributed by atoms with Crippen LogP contribution in [0.3, 0.4) is 0 Å². The summed E-state index contributed by atoms with van der Waals surface area (Å²) in [6, 6.07) is 0.529. The highest BCUT2D eigenvalue weighted by Gasteiger charge is 2.02. The first-order valence-corrected chi connectivity index (χ1v) is 3.35. The van der Waals surface area contributed by atoms with E-state index >= 15 is 0 Å². The lowest BCUT2D eigenvalue weighted by molar-refractivity contribution is 0.447. The van der Waals surface area contributed by atoms with E-state index in [0.717, 1.165) is 0 Å². The van der Waals surface area contributed by atoms with Gasteiger partial charge in [-0.05, 0) is 12.8 Å². The van der Waals surface area contributed by atoms with E-state index in [1.165, 1.54) is 0 Å². The molecule has 0 saturated heterocycles. The van der Waals surface area contributed by atoms with Crippen LogP contribution in [0.4, 0.5) is 0 Å². The Morgan fingerprint density at radius 3 is 2.33 bits per heavy atom. The summed E-state index contributed by atoms with van der Waals surface area (Å²) in [4.78, 5) is 0. The van der Waals surface area contributed by atoms with Crippen molar-refractivity contribution in [2.75, 3.05) is 6.54 Å². The van der Waals surface area contributed by atoms with Crippen LogP contribution in [0.25, 0.3) is 0 Å². The van der Waals surface area contributed by atoms with Gasteiger partial charge in [-0.25, -0.2) is 0 Å². The molecule has 0 aliphatic carbocycles. The zero-order valence-corrected chi connectivity index (χ0v) is 6.44. The second kappa shape index (κ2) is 4.40. The molecule has 0 rings (SSSR count). The molecule has 0 saturated carbocycles. The molecule has 1 nitrogen and oxygen atoms in total. The molecule has 0 aliphatic rings. The predicted molar refractivity (Wildman–Crippen MR) is 41.1 cm³/mol. The zero-order chi connectivity index (χ0) is 7.28. The van der Waals surface area contributed by atoms with Crippen molar-refractivity contribution in [1.82, 2.24) is 5.32 Å². The van der Waals surface area contributed by atoms with Crippen LogP contribution in [0, 0.1) is 18.3 Å². The van der Waals surface area contributed by atoms with E-state index < -0.39 is 0 Å². The zero-order valence-electron chi connectivity index (χ0n) is 6.44. The molecule has 1 heteroatoms. The summed E-state index contributed by atoms with van der Waals surface area (Å²) in [5.74, 6) is 3.21. The summed E-state index contributed by atoms with van der Waals surface area (Å²) in [6.45, 7) is 7.17. The molecule has 9 heavy (non-hydrogen) atoms. The molecule has 0 aliphatic heterocycles. The number of hydrogen-bond donors (Lipinski definition) is 1. The van der Waals surface area contributed by atoms with Crippen LogP contribution >= 0.6 is 0 Å². The van der Waals surface area contributed by atoms with Crippen LogP contribution in [-0.4, -0.2) is 12.6 Å². The summed E-state index contributed by atoms with van der Waals surface area (Å²) < 4.78 is 0. The fraction of sp³-hybridized carbons (Fsp3) is 0.750. The molecule has 0 heterocycles. The van der Waals surface area contributed by atoms with E-state index in [4.69, 9.17) is 6.42 Å². The fourth-order valence-corrected chi connectivity index (χ4v) is 0.456. The maximum atomic E-state index is 5.06. The number of rotatable bonds is 3. The van der Waals surface area contributed by atoms with Gasteiger partial charge in [-0.3, -0.25) is 0 Å². The van der Waals surface area contributed by atoms with Crippen molar-refractivity contribution in [3.8, 4) is 12.3 Å². The molecule has 1 unspecified atom stereocenters. The van der Waals surface area contributed by atoms with E-state index in [-0.39, 0.29) is 0 Å². The lowest BCUT2D eigenvalue weighted by atomic mass is 10.1. The fourth-order valence-electron chi connectivity index (χ4n) is 0.456. The Bertz CT molecular complexity index is 99.6. The van der Waals surface area contributed by atoms with Gasteiger partial charge in [0, 0.05) is 6.04 Å². The minimum atomic E-state index is 0.529. The Morgan fingerprint density at radius 2 is 2.00 bits per heavy atom. The van der Waals surface area contributed by atoms with E-state index in [9.17, 15) is 0 Å². The molecule has 1 atom stereocenters. The predicted octanol–water partition coefficient (Wildman–Crippen LogP) is 1.25. The lowest BCUT2D eigenvalue weighted by Gasteiger charge is -2.14. The minimum Gasteiger partial charge on any atom is -0.303 e. The van der Waals surface area contributed by atoms with E-state index in [1.807, 2.05) is 0 Å². The van der Waals surface area contributed by atoms with Gasteiger partial charge in [0.05, 0.1) is 6.54 Å². The van der Waals surface area contributed by atoms with E-state index in [1.54, 1.807) is 0 Å². The third kappa shape index (κ3) is 4.05. The molecule has 0 aromatic heterocycles. The van der Waals surface area contributed by atoms with Gasteiger partial charge in [-0.2, -0.15) is 0 Å². The molecule has 0 radical (unpaired) electrons. The van der Waals surface area contributed by atoms with Crippen LogP contribution in [-0.2, 0) is 0 Å². The van der Waals surface area contributed by atoms with Crippen molar-refractivity contribution in [3.05, 3.63) is 0 Å². The van der Waals surface area contributed by atoms with Crippen LogP contribution in [0.2, 0.25) is 0 Å². The molecule has 0 fully saturated rings. The second-order valence-electron chi connectivity index (χ2n) is 2.62. The molecule has 0 spiro atoms. The van der Waals surface area contributed by atoms with Crippen molar-refractivity contribution in [3.63, 3.8) is 0 Å². The lowest BCUT2D eigenvalue weighted by Crippen LogP contribution is -2.30. The second-order valence-corrected chi connectivity index (χ2v) is 2.62. The molecule has 1 N–H and O–H groups in total. The van der Waals surface area contributed by atoms with Crippen LogP contribution < -0.4 is 5.32 Å². The Kier molecular flexibility index (Phi) is 4.17. The van der Waals surface area contributed by atoms with Gasteiger partial charge < -0.3 is 5.32 Å². The van der Waals surface area contributed by atoms with Crippen LogP contribution in [0.1, 0.15) is 20.8 Å². The third-order valence-electron chi connectivity index (χ3n) is 1.53. The normalized spacial score (nSPS) is 13.2. The highest BCUT2D eigenvalue weighted by atomic mass is 14.9. The topological polar surface area (TPSA) is 12.0 Å². The molecule has 52 valence electrons. The highest BCUT2D eigenvalue weighted by Crippen LogP contribution is 1.97. The maximum absolute atomic E-state index is 5.06. The van der Waals surface area contributed by atoms with Gasteiger partial charge >= 0.3 is 0 Å². The SMILES string of the molecule is C#CCNC(C)C(C)C. The number of hydrogen-bond acceptors (Lipinski definition) is 1. The van der Waals surface area contributed by atoms with Crippen molar-refractivity contribution >= 4 is 0 Å². The quantitative estimate of drug-likeness (QED) is 0.560. The van der Waals surface area contributed by atoms with Gasteiger partial charge in [0.1, 0.15) is 0 Å². The van der Waals surface area contributed by atoms with Crippen LogP contribution in [0.15, 0.2) is 0 Å². The molecular formula is C8H15N. The van der Waals surface area contributed by atoms with Gasteiger partial charge in [-0.15, -0.1) is 6.42 Å². The Hall–Kier alpha value is -0.480. The summed E-state index contributed by atoms with van der Waals surface area (Å²) in [5, 5.41) is 3.20. The van der Waals surface area contributed by atoms with Gasteiger partial charge in [-0.1, -0.05) is 19.8 Å². The summed E-state index contributed by atoms with van der Waals surface area (Å²) in [7, 11) is 0. The monoisotopic (exact) mass is 125 g/mol. The Balaban J connectivity index is 3.29. The van der Waals surface area contributed by atoms with Crippen LogP contribution in [0.5, 0.6) is 0 Å². The highest BCUT2D eigenvalue weighted by molar-refractivity contribution is 4.87. The number of terminal acetylenes is 1. The first kappa shape index (κ1) is 8.52. The molecular weight excluding hydrogens is 110 g/mol. The third-order valence-corrected chi connectivity index (χ3v) is 1.53. The van der Waals surface area contributed by atoms with Crippen molar-refractivity contribution in [2.24, 2.45) is 5.92 Å².